The van der Waals surface area contributed by atoms with E-state index in [-0.39, 0.29) is 37.2 Å². The van der Waals surface area contributed by atoms with Crippen molar-refractivity contribution in [2.24, 2.45) is 5.92 Å². The molecule has 0 saturated carbocycles. The number of carbonyl (C=O) groups excluding carboxylic acids is 3. The average molecular weight is 408 g/mol. The van der Waals surface area contributed by atoms with Gasteiger partial charge in [0, 0.05) is 29.1 Å². The zero-order valence-corrected chi connectivity index (χ0v) is 16.2. The van der Waals surface area contributed by atoms with Gasteiger partial charge in [-0.1, -0.05) is 17.7 Å². The molecule has 1 aromatic heterocycles. The molecule has 0 aliphatic carbocycles. The second kappa shape index (κ2) is 8.49. The van der Waals surface area contributed by atoms with Crippen molar-refractivity contribution in [3.8, 4) is 0 Å². The van der Waals surface area contributed by atoms with Gasteiger partial charge in [0.1, 0.15) is 0 Å². The number of nitrogens with zero attached hydrogens (tertiary/aromatic N) is 2. The number of ether oxygens (including phenoxy) is 1. The van der Waals surface area contributed by atoms with Gasteiger partial charge < -0.3 is 15.0 Å². The highest BCUT2D eigenvalue weighted by Crippen LogP contribution is 2.28. The van der Waals surface area contributed by atoms with E-state index in [1.54, 1.807) is 41.5 Å². The van der Waals surface area contributed by atoms with E-state index in [9.17, 15) is 14.4 Å². The molecule has 1 fully saturated rings. The lowest BCUT2D eigenvalue weighted by Crippen LogP contribution is -2.28. The Morgan fingerprint density at radius 1 is 1.44 bits per heavy atom. The van der Waals surface area contributed by atoms with Crippen molar-refractivity contribution in [1.29, 1.82) is 0 Å². The van der Waals surface area contributed by atoms with E-state index >= 15 is 0 Å². The topological polar surface area (TPSA) is 88.6 Å². The molecule has 2 amide bonds. The smallest absolute Gasteiger partial charge is 0.311 e. The first-order chi connectivity index (χ1) is 13.0. The van der Waals surface area contributed by atoms with Crippen LogP contribution in [0.5, 0.6) is 0 Å². The van der Waals surface area contributed by atoms with Crippen molar-refractivity contribution in [2.45, 2.75) is 19.8 Å². The molecule has 3 rings (SSSR count). The molecule has 1 aromatic carbocycles. The van der Waals surface area contributed by atoms with Crippen LogP contribution >= 0.6 is 22.9 Å². The summed E-state index contributed by atoms with van der Waals surface area (Å²) in [5.74, 6) is -1.24. The summed E-state index contributed by atoms with van der Waals surface area (Å²) in [6.07, 6.45) is 0.185. The SMILES string of the molecule is CCOC(=O)Cc1csc(NC(=O)C2CC(=O)N(c3cccc(Cl)c3)C2)n1. The monoisotopic (exact) mass is 407 g/mol. The lowest BCUT2D eigenvalue weighted by Gasteiger charge is -2.16. The van der Waals surface area contributed by atoms with E-state index in [0.29, 0.717) is 28.1 Å². The molecule has 0 radical (unpaired) electrons. The molecule has 1 aliphatic rings. The standard InChI is InChI=1S/C18H18ClN3O4S/c1-2-26-16(24)8-13-10-27-18(20-13)21-17(25)11-6-15(23)22(9-11)14-5-3-4-12(19)7-14/h3-5,7,10-11H,2,6,8-9H2,1H3,(H,20,21,25). The fourth-order valence-corrected chi connectivity index (χ4v) is 3.69. The van der Waals surface area contributed by atoms with Gasteiger partial charge in [-0.05, 0) is 25.1 Å². The number of hydrogen-bond donors (Lipinski definition) is 1. The second-order valence-corrected chi connectivity index (χ2v) is 7.29. The van der Waals surface area contributed by atoms with Crippen molar-refractivity contribution >= 4 is 51.5 Å². The van der Waals surface area contributed by atoms with Crippen LogP contribution in [0.3, 0.4) is 0 Å². The van der Waals surface area contributed by atoms with E-state index in [0.717, 1.165) is 0 Å². The van der Waals surface area contributed by atoms with Gasteiger partial charge in [-0.15, -0.1) is 11.3 Å². The maximum Gasteiger partial charge on any atom is 0.311 e. The molecule has 1 saturated heterocycles. The number of esters is 1. The Morgan fingerprint density at radius 3 is 3.00 bits per heavy atom. The normalized spacial score (nSPS) is 16.4. The van der Waals surface area contributed by atoms with E-state index in [1.807, 2.05) is 0 Å². The largest absolute Gasteiger partial charge is 0.466 e. The van der Waals surface area contributed by atoms with E-state index < -0.39 is 5.92 Å². The Morgan fingerprint density at radius 2 is 2.26 bits per heavy atom. The Bertz CT molecular complexity index is 870. The molecule has 2 aromatic rings. The number of halogens is 1. The molecule has 7 nitrogen and oxygen atoms in total. The number of carbonyl (C=O) groups is 3. The summed E-state index contributed by atoms with van der Waals surface area (Å²) in [6, 6.07) is 6.97. The first-order valence-corrected chi connectivity index (χ1v) is 9.69. The van der Waals surface area contributed by atoms with Crippen molar-refractivity contribution in [1.82, 2.24) is 4.98 Å². The summed E-state index contributed by atoms with van der Waals surface area (Å²) >= 11 is 7.21. The van der Waals surface area contributed by atoms with Gasteiger partial charge in [-0.2, -0.15) is 0 Å². The van der Waals surface area contributed by atoms with Gasteiger partial charge in [-0.25, -0.2) is 4.98 Å². The van der Waals surface area contributed by atoms with E-state index in [4.69, 9.17) is 16.3 Å². The first kappa shape index (κ1) is 19.3. The number of rotatable bonds is 6. The van der Waals surface area contributed by atoms with Crippen LogP contribution in [0.15, 0.2) is 29.6 Å². The minimum Gasteiger partial charge on any atom is -0.466 e. The maximum absolute atomic E-state index is 12.5. The molecule has 1 atom stereocenters. The highest BCUT2D eigenvalue weighted by atomic mass is 35.5. The molecule has 1 unspecified atom stereocenters. The minimum atomic E-state index is -0.478. The highest BCUT2D eigenvalue weighted by molar-refractivity contribution is 7.13. The van der Waals surface area contributed by atoms with Crippen LogP contribution in [-0.4, -0.2) is 35.9 Å². The summed E-state index contributed by atoms with van der Waals surface area (Å²) in [5, 5.41) is 5.35. The Hall–Kier alpha value is -2.45. The van der Waals surface area contributed by atoms with E-state index in [1.165, 1.54) is 11.3 Å². The van der Waals surface area contributed by atoms with Crippen LogP contribution in [0, 0.1) is 5.92 Å². The fourth-order valence-electron chi connectivity index (χ4n) is 2.79. The Balaban J connectivity index is 1.60. The van der Waals surface area contributed by atoms with Crippen LogP contribution in [-0.2, 0) is 25.5 Å². The number of thiazole rings is 1. The zero-order chi connectivity index (χ0) is 19.4. The highest BCUT2D eigenvalue weighted by Gasteiger charge is 2.35. The number of anilines is 2. The molecule has 1 aliphatic heterocycles. The molecule has 1 N–H and O–H groups in total. The molecule has 0 bridgehead atoms. The van der Waals surface area contributed by atoms with Gasteiger partial charge in [0.15, 0.2) is 5.13 Å². The van der Waals surface area contributed by atoms with Crippen LogP contribution in [0.2, 0.25) is 5.02 Å². The van der Waals surface area contributed by atoms with Crippen LogP contribution in [0.25, 0.3) is 0 Å². The zero-order valence-electron chi connectivity index (χ0n) is 14.6. The van der Waals surface area contributed by atoms with Crippen LogP contribution in [0.4, 0.5) is 10.8 Å². The molecular formula is C18H18ClN3O4S. The van der Waals surface area contributed by atoms with Crippen molar-refractivity contribution in [3.63, 3.8) is 0 Å². The van der Waals surface area contributed by atoms with Gasteiger partial charge in [-0.3, -0.25) is 14.4 Å². The third-order valence-electron chi connectivity index (χ3n) is 4.03. The lowest BCUT2D eigenvalue weighted by atomic mass is 10.1. The summed E-state index contributed by atoms with van der Waals surface area (Å²) in [7, 11) is 0. The molecule has 0 spiro atoms. The summed E-state index contributed by atoms with van der Waals surface area (Å²) < 4.78 is 4.88. The predicted octanol–water partition coefficient (Wildman–Crippen LogP) is 2.89. The molecule has 9 heteroatoms. The third kappa shape index (κ3) is 4.84. The number of hydrogen-bond acceptors (Lipinski definition) is 6. The number of amides is 2. The summed E-state index contributed by atoms with van der Waals surface area (Å²) in [6.45, 7) is 2.33. The molecule has 27 heavy (non-hydrogen) atoms. The van der Waals surface area contributed by atoms with E-state index in [2.05, 4.69) is 10.3 Å². The minimum absolute atomic E-state index is 0.0602. The molecule has 142 valence electrons. The van der Waals surface area contributed by atoms with Gasteiger partial charge in [0.2, 0.25) is 11.8 Å². The Labute approximate surface area is 165 Å². The summed E-state index contributed by atoms with van der Waals surface area (Å²) in [5.41, 5.74) is 1.21. The van der Waals surface area contributed by atoms with Crippen molar-refractivity contribution in [2.75, 3.05) is 23.4 Å². The van der Waals surface area contributed by atoms with Crippen molar-refractivity contribution in [3.05, 3.63) is 40.4 Å². The van der Waals surface area contributed by atoms with Gasteiger partial charge in [0.25, 0.3) is 0 Å². The quantitative estimate of drug-likeness (QED) is 0.744. The van der Waals surface area contributed by atoms with Crippen molar-refractivity contribution < 1.29 is 19.1 Å². The van der Waals surface area contributed by atoms with Crippen LogP contribution in [0.1, 0.15) is 19.0 Å². The van der Waals surface area contributed by atoms with Gasteiger partial charge in [0.05, 0.1) is 24.6 Å². The number of nitrogens with one attached hydrogen (secondary N) is 1. The predicted molar refractivity (Wildman–Crippen MR) is 103 cm³/mol. The average Bonchev–Trinajstić information content (AvgIpc) is 3.21. The Kier molecular flexibility index (Phi) is 6.08. The first-order valence-electron chi connectivity index (χ1n) is 8.43. The lowest BCUT2D eigenvalue weighted by molar-refractivity contribution is -0.142. The molecule has 2 heterocycles. The fraction of sp³-hybridized carbons (Fsp3) is 0.333. The molecular weight excluding hydrogens is 390 g/mol. The maximum atomic E-state index is 12.5. The summed E-state index contributed by atoms with van der Waals surface area (Å²) in [4.78, 5) is 42.0. The second-order valence-electron chi connectivity index (χ2n) is 6.00. The van der Waals surface area contributed by atoms with Gasteiger partial charge >= 0.3 is 5.97 Å². The number of benzene rings is 1. The van der Waals surface area contributed by atoms with Crippen LogP contribution < -0.4 is 10.2 Å². The number of aromatic nitrogens is 1. The third-order valence-corrected chi connectivity index (χ3v) is 5.07.